The van der Waals surface area contributed by atoms with Gasteiger partial charge in [0, 0.05) is 26.2 Å². The van der Waals surface area contributed by atoms with E-state index in [4.69, 9.17) is 0 Å². The molecule has 2 heterocycles. The summed E-state index contributed by atoms with van der Waals surface area (Å²) >= 11 is 0. The zero-order valence-electron chi connectivity index (χ0n) is 17.2. The van der Waals surface area contributed by atoms with Gasteiger partial charge in [-0.3, -0.25) is 4.90 Å². The zero-order valence-corrected chi connectivity index (χ0v) is 18.0. The molecule has 1 unspecified atom stereocenters. The van der Waals surface area contributed by atoms with Crippen molar-refractivity contribution in [2.45, 2.75) is 52.6 Å². The van der Waals surface area contributed by atoms with Gasteiger partial charge < -0.3 is 4.90 Å². The van der Waals surface area contributed by atoms with E-state index in [1.807, 2.05) is 4.68 Å². The fourth-order valence-electron chi connectivity index (χ4n) is 3.56. The van der Waals surface area contributed by atoms with Gasteiger partial charge >= 0.3 is 0 Å². The van der Waals surface area contributed by atoms with Gasteiger partial charge in [-0.15, -0.1) is 17.5 Å². The number of hydrogen-bond acceptors (Lipinski definition) is 5. The monoisotopic (exact) mass is 392 g/mol. The minimum absolute atomic E-state index is 0. The topological polar surface area (TPSA) is 50.1 Å². The molecule has 7 heteroatoms. The first-order valence-corrected chi connectivity index (χ1v) is 9.78. The molecule has 1 atom stereocenters. The largest absolute Gasteiger partial charge is 0.301 e. The molecule has 1 saturated heterocycles. The molecule has 1 aliphatic rings. The molecule has 0 bridgehead atoms. The Morgan fingerprint density at radius 1 is 1.04 bits per heavy atom. The molecule has 1 aromatic heterocycles. The first kappa shape index (κ1) is 21.8. The van der Waals surface area contributed by atoms with Gasteiger partial charge in [0.1, 0.15) is 0 Å². The summed E-state index contributed by atoms with van der Waals surface area (Å²) in [6, 6.07) is 8.91. The molecule has 0 saturated carbocycles. The summed E-state index contributed by atoms with van der Waals surface area (Å²) in [7, 11) is 0. The van der Waals surface area contributed by atoms with E-state index < -0.39 is 0 Å². The van der Waals surface area contributed by atoms with Crippen molar-refractivity contribution in [1.82, 2.24) is 30.0 Å². The third-order valence-electron chi connectivity index (χ3n) is 5.79. The molecule has 1 aromatic carbocycles. The summed E-state index contributed by atoms with van der Waals surface area (Å²) in [4.78, 5) is 5.03. The van der Waals surface area contributed by atoms with Crippen LogP contribution >= 0.6 is 12.4 Å². The van der Waals surface area contributed by atoms with Crippen LogP contribution in [0, 0.1) is 6.92 Å². The number of halogens is 1. The van der Waals surface area contributed by atoms with E-state index in [0.29, 0.717) is 0 Å². The molecule has 0 aliphatic carbocycles. The third-order valence-corrected chi connectivity index (χ3v) is 5.79. The number of aromatic nitrogens is 4. The average molecular weight is 393 g/mol. The molecule has 27 heavy (non-hydrogen) atoms. The highest BCUT2D eigenvalue weighted by atomic mass is 35.5. The van der Waals surface area contributed by atoms with Crippen LogP contribution in [-0.2, 0) is 5.54 Å². The molecule has 0 amide bonds. The maximum absolute atomic E-state index is 4.49. The lowest BCUT2D eigenvalue weighted by molar-refractivity contribution is 0.105. The lowest BCUT2D eigenvalue weighted by atomic mass is 9.98. The van der Waals surface area contributed by atoms with E-state index in [0.717, 1.165) is 45.0 Å². The number of aryl methyl sites for hydroxylation is 1. The number of hydrogen-bond donors (Lipinski definition) is 0. The van der Waals surface area contributed by atoms with Crippen LogP contribution in [0.4, 0.5) is 0 Å². The molecule has 2 aromatic rings. The van der Waals surface area contributed by atoms with Gasteiger partial charge in [-0.2, -0.15) is 0 Å². The van der Waals surface area contributed by atoms with Gasteiger partial charge in [-0.1, -0.05) is 43.7 Å². The Bertz CT molecular complexity index is 704. The number of benzene rings is 1. The van der Waals surface area contributed by atoms with E-state index in [2.05, 4.69) is 84.2 Å². The van der Waals surface area contributed by atoms with E-state index in [1.165, 1.54) is 11.1 Å². The molecule has 3 rings (SSSR count). The van der Waals surface area contributed by atoms with Crippen LogP contribution in [0.25, 0.3) is 0 Å². The van der Waals surface area contributed by atoms with Crippen LogP contribution in [0.3, 0.4) is 0 Å². The molecule has 0 N–H and O–H groups in total. The van der Waals surface area contributed by atoms with Crippen LogP contribution in [0.1, 0.15) is 57.1 Å². The molecule has 6 nitrogen and oxygen atoms in total. The Hall–Kier alpha value is -1.50. The zero-order chi connectivity index (χ0) is 18.7. The molecule has 0 spiro atoms. The number of nitrogens with zero attached hydrogens (tertiary/aromatic N) is 6. The second kappa shape index (κ2) is 9.13. The SMILES string of the molecule is CCN1CCN(C(c2ccc(C)cc2)c2nnnn2C(C)(C)CC)CC1.Cl. The van der Waals surface area contributed by atoms with E-state index >= 15 is 0 Å². The van der Waals surface area contributed by atoms with Crippen LogP contribution in [0.5, 0.6) is 0 Å². The smallest absolute Gasteiger partial charge is 0.173 e. The van der Waals surface area contributed by atoms with Gasteiger partial charge in [0.05, 0.1) is 11.6 Å². The summed E-state index contributed by atoms with van der Waals surface area (Å²) in [5.41, 5.74) is 2.44. The second-order valence-electron chi connectivity index (χ2n) is 7.90. The fourth-order valence-corrected chi connectivity index (χ4v) is 3.56. The summed E-state index contributed by atoms with van der Waals surface area (Å²) in [5.74, 6) is 0.950. The van der Waals surface area contributed by atoms with Crippen molar-refractivity contribution < 1.29 is 0 Å². The quantitative estimate of drug-likeness (QED) is 0.755. The number of tetrazole rings is 1. The predicted molar refractivity (Wildman–Crippen MR) is 111 cm³/mol. The normalized spacial score (nSPS) is 17.5. The van der Waals surface area contributed by atoms with E-state index in [1.54, 1.807) is 0 Å². The van der Waals surface area contributed by atoms with Crippen molar-refractivity contribution in [1.29, 1.82) is 0 Å². The second-order valence-corrected chi connectivity index (χ2v) is 7.90. The number of rotatable bonds is 6. The van der Waals surface area contributed by atoms with E-state index in [-0.39, 0.29) is 24.0 Å². The van der Waals surface area contributed by atoms with Gasteiger partial charge in [0.25, 0.3) is 0 Å². The Morgan fingerprint density at radius 2 is 1.67 bits per heavy atom. The summed E-state index contributed by atoms with van der Waals surface area (Å²) < 4.78 is 2.03. The molecular formula is C20H33ClN6. The van der Waals surface area contributed by atoms with Gasteiger partial charge in [-0.05, 0) is 49.7 Å². The number of likely N-dealkylation sites (N-methyl/N-ethyl adjacent to an activating group) is 1. The van der Waals surface area contributed by atoms with Crippen molar-refractivity contribution in [3.63, 3.8) is 0 Å². The maximum Gasteiger partial charge on any atom is 0.173 e. The van der Waals surface area contributed by atoms with Gasteiger partial charge in [0.2, 0.25) is 0 Å². The number of piperazine rings is 1. The van der Waals surface area contributed by atoms with Crippen LogP contribution in [-0.4, -0.2) is 62.7 Å². The third kappa shape index (κ3) is 4.68. The highest BCUT2D eigenvalue weighted by Gasteiger charge is 2.33. The van der Waals surface area contributed by atoms with Crippen molar-refractivity contribution in [2.24, 2.45) is 0 Å². The van der Waals surface area contributed by atoms with Gasteiger partial charge in [-0.25, -0.2) is 4.68 Å². The first-order valence-electron chi connectivity index (χ1n) is 9.78. The minimum Gasteiger partial charge on any atom is -0.301 e. The maximum atomic E-state index is 4.49. The molecule has 1 fully saturated rings. The molecular weight excluding hydrogens is 360 g/mol. The van der Waals surface area contributed by atoms with E-state index in [9.17, 15) is 0 Å². The summed E-state index contributed by atoms with van der Waals surface area (Å²) in [5, 5.41) is 12.9. The molecule has 150 valence electrons. The minimum atomic E-state index is -0.104. The first-order chi connectivity index (χ1) is 12.5. The van der Waals surface area contributed by atoms with Crippen LogP contribution in [0.15, 0.2) is 24.3 Å². The lowest BCUT2D eigenvalue weighted by Gasteiger charge is -2.39. The van der Waals surface area contributed by atoms with Crippen molar-refractivity contribution in [2.75, 3.05) is 32.7 Å². The summed E-state index contributed by atoms with van der Waals surface area (Å²) in [6.07, 6.45) is 0.981. The fraction of sp³-hybridized carbons (Fsp3) is 0.650. The Balaban J connectivity index is 0.00000261. The molecule has 1 aliphatic heterocycles. The summed E-state index contributed by atoms with van der Waals surface area (Å²) in [6.45, 7) is 16.3. The average Bonchev–Trinajstić information content (AvgIpc) is 3.14. The Morgan fingerprint density at radius 3 is 2.22 bits per heavy atom. The lowest BCUT2D eigenvalue weighted by Crippen LogP contribution is -2.48. The highest BCUT2D eigenvalue weighted by molar-refractivity contribution is 5.85. The Kier molecular flexibility index (Phi) is 7.37. The Labute approximate surface area is 169 Å². The van der Waals surface area contributed by atoms with Crippen molar-refractivity contribution in [3.8, 4) is 0 Å². The van der Waals surface area contributed by atoms with Crippen molar-refractivity contribution in [3.05, 3.63) is 41.2 Å². The van der Waals surface area contributed by atoms with Crippen LogP contribution < -0.4 is 0 Å². The van der Waals surface area contributed by atoms with Crippen molar-refractivity contribution >= 4 is 12.4 Å². The molecule has 0 radical (unpaired) electrons. The predicted octanol–water partition coefficient (Wildman–Crippen LogP) is 3.28. The van der Waals surface area contributed by atoms with Gasteiger partial charge in [0.15, 0.2) is 5.82 Å². The van der Waals surface area contributed by atoms with Crippen LogP contribution in [0.2, 0.25) is 0 Å². The highest BCUT2D eigenvalue weighted by Crippen LogP contribution is 2.31. The standard InChI is InChI=1S/C20H32N6.ClH/c1-6-20(4,5)26-19(21-22-23-26)18(17-10-8-16(3)9-11-17)25-14-12-24(7-2)13-15-25;/h8-11,18H,6-7,12-15H2,1-5H3;1H.